The van der Waals surface area contributed by atoms with Gasteiger partial charge in [0, 0.05) is 34.6 Å². The van der Waals surface area contributed by atoms with Gasteiger partial charge in [-0.2, -0.15) is 0 Å². The highest BCUT2D eigenvalue weighted by atomic mass is 32.1. The first kappa shape index (κ1) is 19.8. The third kappa shape index (κ3) is 4.06. The Labute approximate surface area is 182 Å². The number of benzene rings is 1. The lowest BCUT2D eigenvalue weighted by molar-refractivity contribution is -0.123. The number of nitrogens with zero attached hydrogens (tertiary/aromatic N) is 1. The van der Waals surface area contributed by atoms with Crippen molar-refractivity contribution in [3.05, 3.63) is 57.9 Å². The van der Waals surface area contributed by atoms with Gasteiger partial charge >= 0.3 is 0 Å². The minimum atomic E-state index is -0.207. The second kappa shape index (κ2) is 8.20. The summed E-state index contributed by atoms with van der Waals surface area (Å²) < 4.78 is 2.45. The Bertz CT molecular complexity index is 1030. The summed E-state index contributed by atoms with van der Waals surface area (Å²) in [5.41, 5.74) is 4.01. The Hall–Kier alpha value is -2.11. The van der Waals surface area contributed by atoms with Crippen molar-refractivity contribution in [3.8, 4) is 0 Å². The molecule has 0 spiro atoms. The van der Waals surface area contributed by atoms with Crippen LogP contribution in [-0.2, 0) is 24.3 Å². The van der Waals surface area contributed by atoms with Gasteiger partial charge in [0.05, 0.1) is 12.6 Å². The van der Waals surface area contributed by atoms with E-state index in [-0.39, 0.29) is 18.0 Å². The Morgan fingerprint density at radius 3 is 2.87 bits per heavy atom. The van der Waals surface area contributed by atoms with Crippen LogP contribution in [0.3, 0.4) is 0 Å². The largest absolute Gasteiger partial charge is 0.350 e. The molecule has 1 amide bonds. The fraction of sp³-hybridized carbons (Fsp3) is 0.480. The van der Waals surface area contributed by atoms with Crippen LogP contribution in [0.25, 0.3) is 10.9 Å². The number of hydrogen-bond donors (Lipinski definition) is 2. The van der Waals surface area contributed by atoms with E-state index in [0.29, 0.717) is 12.5 Å². The van der Waals surface area contributed by atoms with Crippen molar-refractivity contribution >= 4 is 28.1 Å². The third-order valence-electron chi connectivity index (χ3n) is 6.41. The van der Waals surface area contributed by atoms with E-state index < -0.39 is 0 Å². The highest BCUT2D eigenvalue weighted by Gasteiger charge is 2.31. The highest BCUT2D eigenvalue weighted by Crippen LogP contribution is 2.38. The standard InChI is InChI=1S/C25H31N3OS/c1-16(2)11-21-20-6-3-7-23-24(20)18(15-28(23)14-17-8-9-17)12-22(27-21)25(29)26-13-19-5-4-10-30-19/h3-7,10,15-17,21-22,27H,8-9,11-14H2,1-2H3,(H,26,29)/t21-,22-/m0/s1. The Morgan fingerprint density at radius 1 is 1.27 bits per heavy atom. The van der Waals surface area contributed by atoms with Crippen molar-refractivity contribution < 1.29 is 4.79 Å². The lowest BCUT2D eigenvalue weighted by Gasteiger charge is -2.25. The number of aromatic nitrogens is 1. The maximum absolute atomic E-state index is 13.2. The molecule has 0 radical (unpaired) electrons. The monoisotopic (exact) mass is 421 g/mol. The molecule has 1 fully saturated rings. The van der Waals surface area contributed by atoms with Crippen LogP contribution >= 0.6 is 11.3 Å². The molecule has 2 N–H and O–H groups in total. The molecule has 1 aliphatic heterocycles. The lowest BCUT2D eigenvalue weighted by Crippen LogP contribution is -2.46. The molecule has 2 aromatic heterocycles. The average molecular weight is 422 g/mol. The molecular formula is C25H31N3OS. The molecule has 3 heterocycles. The van der Waals surface area contributed by atoms with Crippen molar-refractivity contribution in [3.63, 3.8) is 0 Å². The molecule has 2 aliphatic rings. The number of nitrogens with one attached hydrogen (secondary N) is 2. The van der Waals surface area contributed by atoms with Crippen molar-refractivity contribution in [1.29, 1.82) is 0 Å². The number of hydrogen-bond acceptors (Lipinski definition) is 3. The van der Waals surface area contributed by atoms with Gasteiger partial charge in [0.2, 0.25) is 5.91 Å². The molecular weight excluding hydrogens is 390 g/mol. The molecule has 5 rings (SSSR count). The molecule has 4 nitrogen and oxygen atoms in total. The SMILES string of the molecule is CC(C)C[C@@H]1N[C@H](C(=O)NCc2cccs2)Cc2cn(CC3CC3)c3cccc1c23. The van der Waals surface area contributed by atoms with E-state index in [4.69, 9.17) is 0 Å². The molecule has 3 aromatic rings. The van der Waals surface area contributed by atoms with E-state index in [2.05, 4.69) is 64.9 Å². The number of carbonyl (C=O) groups excluding carboxylic acids is 1. The van der Waals surface area contributed by atoms with Crippen LogP contribution in [-0.4, -0.2) is 16.5 Å². The van der Waals surface area contributed by atoms with Crippen LogP contribution in [0.5, 0.6) is 0 Å². The van der Waals surface area contributed by atoms with Crippen molar-refractivity contribution in [2.24, 2.45) is 11.8 Å². The molecule has 1 saturated carbocycles. The second-order valence-corrected chi connectivity index (χ2v) is 10.4. The fourth-order valence-electron chi connectivity index (χ4n) is 4.80. The summed E-state index contributed by atoms with van der Waals surface area (Å²) in [5.74, 6) is 1.49. The molecule has 0 bridgehead atoms. The molecule has 0 unspecified atom stereocenters. The maximum atomic E-state index is 13.2. The zero-order valence-corrected chi connectivity index (χ0v) is 18.7. The molecule has 30 heavy (non-hydrogen) atoms. The minimum absolute atomic E-state index is 0.105. The molecule has 1 aromatic carbocycles. The van der Waals surface area contributed by atoms with Gasteiger partial charge in [-0.3, -0.25) is 10.1 Å². The molecule has 1 aliphatic carbocycles. The highest BCUT2D eigenvalue weighted by molar-refractivity contribution is 7.09. The normalized spacial score (nSPS) is 21.2. The van der Waals surface area contributed by atoms with Gasteiger partial charge in [0.25, 0.3) is 0 Å². The Morgan fingerprint density at radius 2 is 2.13 bits per heavy atom. The van der Waals surface area contributed by atoms with Gasteiger partial charge in [0.1, 0.15) is 0 Å². The zero-order chi connectivity index (χ0) is 20.7. The van der Waals surface area contributed by atoms with Crippen LogP contribution in [0.1, 0.15) is 55.2 Å². The molecule has 5 heteroatoms. The van der Waals surface area contributed by atoms with Gasteiger partial charge < -0.3 is 9.88 Å². The summed E-state index contributed by atoms with van der Waals surface area (Å²) in [4.78, 5) is 14.4. The predicted octanol–water partition coefficient (Wildman–Crippen LogP) is 5.03. The quantitative estimate of drug-likeness (QED) is 0.562. The topological polar surface area (TPSA) is 46.1 Å². The van der Waals surface area contributed by atoms with Crippen LogP contribution in [0.4, 0.5) is 0 Å². The van der Waals surface area contributed by atoms with Crippen molar-refractivity contribution in [1.82, 2.24) is 15.2 Å². The summed E-state index contributed by atoms with van der Waals surface area (Å²) in [6.07, 6.45) is 6.79. The van der Waals surface area contributed by atoms with Gasteiger partial charge in [-0.1, -0.05) is 32.0 Å². The predicted molar refractivity (Wildman–Crippen MR) is 124 cm³/mol. The van der Waals surface area contributed by atoms with Crippen LogP contribution in [0, 0.1) is 11.8 Å². The zero-order valence-electron chi connectivity index (χ0n) is 17.9. The summed E-state index contributed by atoms with van der Waals surface area (Å²) in [6.45, 7) is 6.24. The number of carbonyl (C=O) groups is 1. The summed E-state index contributed by atoms with van der Waals surface area (Å²) in [6, 6.07) is 10.8. The van der Waals surface area contributed by atoms with Crippen LogP contribution in [0.15, 0.2) is 41.9 Å². The lowest BCUT2D eigenvalue weighted by atomic mass is 9.94. The second-order valence-electron chi connectivity index (χ2n) is 9.39. The van der Waals surface area contributed by atoms with E-state index in [1.165, 1.54) is 39.7 Å². The number of amides is 1. The molecule has 2 atom stereocenters. The summed E-state index contributed by atoms with van der Waals surface area (Å²) in [7, 11) is 0. The van der Waals surface area contributed by atoms with Crippen LogP contribution in [0.2, 0.25) is 0 Å². The van der Waals surface area contributed by atoms with E-state index in [9.17, 15) is 4.79 Å². The first-order valence-electron chi connectivity index (χ1n) is 11.2. The summed E-state index contributed by atoms with van der Waals surface area (Å²) in [5, 5.41) is 10.3. The number of thiophene rings is 1. The summed E-state index contributed by atoms with van der Waals surface area (Å²) >= 11 is 1.69. The fourth-order valence-corrected chi connectivity index (χ4v) is 5.45. The average Bonchev–Trinajstić information content (AvgIpc) is 3.29. The van der Waals surface area contributed by atoms with Gasteiger partial charge in [-0.05, 0) is 66.2 Å². The van der Waals surface area contributed by atoms with Crippen LogP contribution < -0.4 is 10.6 Å². The molecule has 158 valence electrons. The van der Waals surface area contributed by atoms with E-state index in [1.807, 2.05) is 6.07 Å². The third-order valence-corrected chi connectivity index (χ3v) is 7.29. The van der Waals surface area contributed by atoms with Crippen molar-refractivity contribution in [2.75, 3.05) is 0 Å². The minimum Gasteiger partial charge on any atom is -0.350 e. The van der Waals surface area contributed by atoms with E-state index >= 15 is 0 Å². The van der Waals surface area contributed by atoms with Gasteiger partial charge in [-0.25, -0.2) is 0 Å². The maximum Gasteiger partial charge on any atom is 0.237 e. The van der Waals surface area contributed by atoms with E-state index in [0.717, 1.165) is 25.3 Å². The van der Waals surface area contributed by atoms with E-state index in [1.54, 1.807) is 11.3 Å². The smallest absolute Gasteiger partial charge is 0.237 e. The molecule has 0 saturated heterocycles. The number of rotatable bonds is 7. The Kier molecular flexibility index (Phi) is 5.42. The first-order chi connectivity index (χ1) is 14.6. The first-order valence-corrected chi connectivity index (χ1v) is 12.1. The van der Waals surface area contributed by atoms with Gasteiger partial charge in [-0.15, -0.1) is 11.3 Å². The Balaban J connectivity index is 1.47. The van der Waals surface area contributed by atoms with Gasteiger partial charge in [0.15, 0.2) is 0 Å². The van der Waals surface area contributed by atoms with Crippen molar-refractivity contribution in [2.45, 2.75) is 64.7 Å².